The molecule has 0 N–H and O–H groups in total. The van der Waals surface area contributed by atoms with Crippen molar-refractivity contribution < 1.29 is 4.79 Å². The van der Waals surface area contributed by atoms with Crippen LogP contribution in [0.1, 0.15) is 32.3 Å². The van der Waals surface area contributed by atoms with Crippen LogP contribution in [0.25, 0.3) is 0 Å². The molecule has 0 aliphatic rings. The van der Waals surface area contributed by atoms with Gasteiger partial charge in [0.25, 0.3) is 5.24 Å². The first-order valence-corrected chi connectivity index (χ1v) is 7.69. The smallest absolute Gasteiger partial charge is 0.281 e. The first kappa shape index (κ1) is 15.4. The van der Waals surface area contributed by atoms with Crippen LogP contribution in [0.2, 0.25) is 5.02 Å². The molecular weight excluding hydrogens is 266 g/mol. The number of carbonyl (C=O) groups excluding carboxylic acids is 1. The van der Waals surface area contributed by atoms with Crippen molar-refractivity contribution in [2.24, 2.45) is 0 Å². The van der Waals surface area contributed by atoms with E-state index in [4.69, 9.17) is 11.6 Å². The molecule has 0 aliphatic carbocycles. The minimum atomic E-state index is 0.175. The second-order valence-corrected chi connectivity index (χ2v) is 5.53. The number of carbonyl (C=O) groups is 1. The van der Waals surface area contributed by atoms with Gasteiger partial charge in [-0.2, -0.15) is 0 Å². The van der Waals surface area contributed by atoms with Gasteiger partial charge in [0.15, 0.2) is 0 Å². The summed E-state index contributed by atoms with van der Waals surface area (Å²) in [6.45, 7) is 5.89. The summed E-state index contributed by atoms with van der Waals surface area (Å²) in [6, 6.07) is 7.65. The van der Waals surface area contributed by atoms with Gasteiger partial charge >= 0.3 is 0 Å². The maximum Gasteiger partial charge on any atom is 0.281 e. The average molecular weight is 286 g/mol. The van der Waals surface area contributed by atoms with Crippen LogP contribution in [0.4, 0.5) is 4.79 Å². The number of rotatable bonds is 6. The van der Waals surface area contributed by atoms with Crippen molar-refractivity contribution in [3.63, 3.8) is 0 Å². The highest BCUT2D eigenvalue weighted by atomic mass is 35.5. The fourth-order valence-corrected chi connectivity index (χ4v) is 2.62. The highest BCUT2D eigenvalue weighted by molar-refractivity contribution is 8.12. The van der Waals surface area contributed by atoms with Gasteiger partial charge < -0.3 is 4.90 Å². The molecule has 1 aromatic carbocycles. The zero-order chi connectivity index (χ0) is 13.4. The number of benzene rings is 1. The average Bonchev–Trinajstić information content (AvgIpc) is 2.37. The van der Waals surface area contributed by atoms with Crippen LogP contribution in [-0.2, 0) is 5.75 Å². The Labute approximate surface area is 119 Å². The monoisotopic (exact) mass is 285 g/mol. The Hall–Kier alpha value is -0.670. The highest BCUT2D eigenvalue weighted by Gasteiger charge is 2.12. The van der Waals surface area contributed by atoms with Crippen molar-refractivity contribution in [2.75, 3.05) is 13.1 Å². The van der Waals surface area contributed by atoms with Crippen molar-refractivity contribution in [3.05, 3.63) is 34.9 Å². The van der Waals surface area contributed by atoms with E-state index in [-0.39, 0.29) is 5.24 Å². The van der Waals surface area contributed by atoms with Gasteiger partial charge in [0.1, 0.15) is 0 Å². The Balaban J connectivity index is 2.45. The highest BCUT2D eigenvalue weighted by Crippen LogP contribution is 2.18. The Morgan fingerprint density at radius 3 is 2.22 bits per heavy atom. The summed E-state index contributed by atoms with van der Waals surface area (Å²) < 4.78 is 0. The molecule has 0 radical (unpaired) electrons. The lowest BCUT2D eigenvalue weighted by Crippen LogP contribution is -2.29. The quantitative estimate of drug-likeness (QED) is 0.747. The molecule has 0 fully saturated rings. The van der Waals surface area contributed by atoms with Crippen LogP contribution in [0.15, 0.2) is 24.3 Å². The Bertz CT molecular complexity index is 361. The van der Waals surface area contributed by atoms with Crippen molar-refractivity contribution in [3.8, 4) is 0 Å². The third kappa shape index (κ3) is 5.32. The summed E-state index contributed by atoms with van der Waals surface area (Å²) in [5, 5.41) is 0.905. The van der Waals surface area contributed by atoms with Gasteiger partial charge in [-0.1, -0.05) is 49.3 Å². The van der Waals surface area contributed by atoms with E-state index in [0.29, 0.717) is 5.75 Å². The van der Waals surface area contributed by atoms with Gasteiger partial charge in [-0.3, -0.25) is 4.79 Å². The summed E-state index contributed by atoms with van der Waals surface area (Å²) in [5.41, 5.74) is 1.13. The maximum absolute atomic E-state index is 12.0. The number of hydrogen-bond acceptors (Lipinski definition) is 2. The number of thioether (sulfide) groups is 1. The molecule has 0 heterocycles. The van der Waals surface area contributed by atoms with Crippen LogP contribution < -0.4 is 0 Å². The van der Waals surface area contributed by atoms with Crippen molar-refractivity contribution in [1.82, 2.24) is 4.90 Å². The number of nitrogens with zero attached hydrogens (tertiary/aromatic N) is 1. The molecule has 0 aliphatic heterocycles. The van der Waals surface area contributed by atoms with E-state index in [1.807, 2.05) is 29.2 Å². The summed E-state index contributed by atoms with van der Waals surface area (Å²) in [7, 11) is 0. The molecule has 1 amide bonds. The van der Waals surface area contributed by atoms with E-state index >= 15 is 0 Å². The molecule has 100 valence electrons. The molecule has 1 rings (SSSR count). The lowest BCUT2D eigenvalue weighted by molar-refractivity contribution is 0.223. The van der Waals surface area contributed by atoms with Gasteiger partial charge in [0.05, 0.1) is 0 Å². The van der Waals surface area contributed by atoms with Crippen LogP contribution in [0.5, 0.6) is 0 Å². The van der Waals surface area contributed by atoms with E-state index in [1.165, 1.54) is 11.8 Å². The standard InChI is InChI=1S/C14H20ClNOS/c1-3-9-16(10-4-2)14(17)18-11-12-5-7-13(15)8-6-12/h5-8H,3-4,9-11H2,1-2H3. The van der Waals surface area contributed by atoms with Crippen LogP contribution in [0, 0.1) is 0 Å². The number of halogens is 1. The predicted molar refractivity (Wildman–Crippen MR) is 80.3 cm³/mol. The number of amides is 1. The predicted octanol–water partition coefficient (Wildman–Crippen LogP) is 4.82. The molecule has 0 saturated heterocycles. The first-order valence-electron chi connectivity index (χ1n) is 6.33. The van der Waals surface area contributed by atoms with Crippen molar-refractivity contribution >= 4 is 28.6 Å². The van der Waals surface area contributed by atoms with Crippen molar-refractivity contribution in [2.45, 2.75) is 32.4 Å². The van der Waals surface area contributed by atoms with E-state index in [0.717, 1.165) is 36.5 Å². The topological polar surface area (TPSA) is 20.3 Å². The molecule has 4 heteroatoms. The molecule has 0 atom stereocenters. The maximum atomic E-state index is 12.0. The van der Waals surface area contributed by atoms with Crippen LogP contribution >= 0.6 is 23.4 Å². The van der Waals surface area contributed by atoms with E-state index in [1.54, 1.807) is 0 Å². The second-order valence-electron chi connectivity index (χ2n) is 4.17. The van der Waals surface area contributed by atoms with Crippen molar-refractivity contribution in [1.29, 1.82) is 0 Å². The zero-order valence-electron chi connectivity index (χ0n) is 11.0. The zero-order valence-corrected chi connectivity index (χ0v) is 12.6. The van der Waals surface area contributed by atoms with Crippen LogP contribution in [-0.4, -0.2) is 23.2 Å². The lowest BCUT2D eigenvalue weighted by Gasteiger charge is -2.20. The SMILES string of the molecule is CCCN(CCC)C(=O)SCc1ccc(Cl)cc1. The summed E-state index contributed by atoms with van der Waals surface area (Å²) >= 11 is 7.19. The fraction of sp³-hybridized carbons (Fsp3) is 0.500. The minimum absolute atomic E-state index is 0.175. The third-order valence-corrected chi connectivity index (χ3v) is 3.76. The van der Waals surface area contributed by atoms with Gasteiger partial charge in [-0.05, 0) is 30.5 Å². The molecule has 1 aromatic rings. The molecule has 0 saturated carbocycles. The first-order chi connectivity index (χ1) is 8.67. The Kier molecular flexibility index (Phi) is 7.21. The summed E-state index contributed by atoms with van der Waals surface area (Å²) in [4.78, 5) is 14.0. The minimum Gasteiger partial charge on any atom is -0.334 e. The largest absolute Gasteiger partial charge is 0.334 e. The Morgan fingerprint density at radius 1 is 1.17 bits per heavy atom. The molecule has 0 aromatic heterocycles. The van der Waals surface area contributed by atoms with E-state index < -0.39 is 0 Å². The molecule has 18 heavy (non-hydrogen) atoms. The van der Waals surface area contributed by atoms with Gasteiger partial charge in [0, 0.05) is 23.9 Å². The van der Waals surface area contributed by atoms with Gasteiger partial charge in [-0.15, -0.1) is 0 Å². The van der Waals surface area contributed by atoms with Crippen LogP contribution in [0.3, 0.4) is 0 Å². The molecule has 2 nitrogen and oxygen atoms in total. The van der Waals surface area contributed by atoms with Gasteiger partial charge in [0.2, 0.25) is 0 Å². The lowest BCUT2D eigenvalue weighted by atomic mass is 10.2. The second kappa shape index (κ2) is 8.44. The summed E-state index contributed by atoms with van der Waals surface area (Å²) in [6.07, 6.45) is 2.01. The fourth-order valence-electron chi connectivity index (χ4n) is 1.65. The summed E-state index contributed by atoms with van der Waals surface area (Å²) in [5.74, 6) is 0.708. The third-order valence-electron chi connectivity index (χ3n) is 2.52. The van der Waals surface area contributed by atoms with E-state index in [9.17, 15) is 4.79 Å². The Morgan fingerprint density at radius 2 is 1.72 bits per heavy atom. The molecule has 0 bridgehead atoms. The molecular formula is C14H20ClNOS. The molecule has 0 spiro atoms. The van der Waals surface area contributed by atoms with E-state index in [2.05, 4.69) is 13.8 Å². The number of hydrogen-bond donors (Lipinski definition) is 0. The normalized spacial score (nSPS) is 10.4. The van der Waals surface area contributed by atoms with Gasteiger partial charge in [-0.25, -0.2) is 0 Å². The molecule has 0 unspecified atom stereocenters.